The highest BCUT2D eigenvalue weighted by Crippen LogP contribution is 2.17. The van der Waals surface area contributed by atoms with Crippen LogP contribution in [0.2, 0.25) is 0 Å². The fourth-order valence-corrected chi connectivity index (χ4v) is 3.04. The minimum Gasteiger partial charge on any atom is -0.373 e. The first-order valence-electron chi connectivity index (χ1n) is 7.86. The molecule has 1 amide bonds. The quantitative estimate of drug-likeness (QED) is 0.804. The van der Waals surface area contributed by atoms with Gasteiger partial charge in [-0.3, -0.25) is 4.79 Å². The highest BCUT2D eigenvalue weighted by molar-refractivity contribution is 7.99. The van der Waals surface area contributed by atoms with Gasteiger partial charge in [0.05, 0.1) is 5.25 Å². The molecule has 2 aromatic carbocycles. The molecule has 0 heterocycles. The van der Waals surface area contributed by atoms with Crippen LogP contribution < -0.4 is 10.2 Å². The molecule has 122 valence electrons. The van der Waals surface area contributed by atoms with E-state index >= 15 is 0 Å². The van der Waals surface area contributed by atoms with Gasteiger partial charge in [-0.25, -0.2) is 0 Å². The van der Waals surface area contributed by atoms with Crippen molar-refractivity contribution < 1.29 is 4.79 Å². The second-order valence-electron chi connectivity index (χ2n) is 5.49. The topological polar surface area (TPSA) is 32.3 Å². The van der Waals surface area contributed by atoms with Gasteiger partial charge in [0, 0.05) is 31.6 Å². The molecule has 1 atom stereocenters. The lowest BCUT2D eigenvalue weighted by Gasteiger charge is -2.20. The number of hydrogen-bond acceptors (Lipinski definition) is 3. The number of para-hydroxylation sites is 1. The third kappa shape index (κ3) is 5.99. The maximum atomic E-state index is 12.1. The zero-order valence-electron chi connectivity index (χ0n) is 13.7. The Morgan fingerprint density at radius 3 is 2.35 bits per heavy atom. The molecule has 0 aromatic heterocycles. The van der Waals surface area contributed by atoms with E-state index in [1.165, 1.54) is 5.56 Å². The fourth-order valence-electron chi connectivity index (χ4n) is 2.17. The van der Waals surface area contributed by atoms with Crippen molar-refractivity contribution in [2.75, 3.05) is 25.0 Å². The van der Waals surface area contributed by atoms with Crippen molar-refractivity contribution in [3.8, 4) is 0 Å². The molecule has 1 N–H and O–H groups in total. The Balaban J connectivity index is 1.68. The minimum atomic E-state index is -0.0442. The largest absolute Gasteiger partial charge is 0.373 e. The van der Waals surface area contributed by atoms with E-state index in [0.717, 1.165) is 18.0 Å². The van der Waals surface area contributed by atoms with Gasteiger partial charge in [-0.1, -0.05) is 48.5 Å². The summed E-state index contributed by atoms with van der Waals surface area (Å²) in [6.07, 6.45) is 0. The highest BCUT2D eigenvalue weighted by atomic mass is 32.2. The van der Waals surface area contributed by atoms with E-state index in [-0.39, 0.29) is 11.2 Å². The first-order valence-corrected chi connectivity index (χ1v) is 8.91. The molecule has 0 radical (unpaired) electrons. The predicted octanol–water partition coefficient (Wildman–Crippen LogP) is 3.56. The Labute approximate surface area is 143 Å². The van der Waals surface area contributed by atoms with Crippen molar-refractivity contribution in [2.24, 2.45) is 0 Å². The molecule has 0 bridgehead atoms. The Morgan fingerprint density at radius 2 is 1.70 bits per heavy atom. The second kappa shape index (κ2) is 9.26. The molecule has 0 spiro atoms. The Kier molecular flexibility index (Phi) is 7.01. The first-order chi connectivity index (χ1) is 11.2. The van der Waals surface area contributed by atoms with Crippen LogP contribution in [-0.2, 0) is 10.5 Å². The van der Waals surface area contributed by atoms with Crippen LogP contribution in [0.15, 0.2) is 60.7 Å². The van der Waals surface area contributed by atoms with Crippen LogP contribution in [0.5, 0.6) is 0 Å². The van der Waals surface area contributed by atoms with Crippen LogP contribution in [0.3, 0.4) is 0 Å². The summed E-state index contributed by atoms with van der Waals surface area (Å²) in [4.78, 5) is 14.3. The second-order valence-corrected chi connectivity index (χ2v) is 6.82. The number of hydrogen-bond donors (Lipinski definition) is 1. The van der Waals surface area contributed by atoms with Gasteiger partial charge >= 0.3 is 0 Å². The smallest absolute Gasteiger partial charge is 0.232 e. The van der Waals surface area contributed by atoms with Crippen LogP contribution in [0.25, 0.3) is 0 Å². The molecule has 0 fully saturated rings. The van der Waals surface area contributed by atoms with Crippen molar-refractivity contribution in [3.63, 3.8) is 0 Å². The number of thioether (sulfide) groups is 1. The van der Waals surface area contributed by atoms with Gasteiger partial charge in [0.1, 0.15) is 0 Å². The molecule has 0 aliphatic heterocycles. The molecule has 2 rings (SSSR count). The molecule has 2 aromatic rings. The Hall–Kier alpha value is -1.94. The molecule has 0 aliphatic rings. The van der Waals surface area contributed by atoms with Crippen molar-refractivity contribution in [1.29, 1.82) is 0 Å². The number of carbonyl (C=O) groups excluding carboxylic acids is 1. The van der Waals surface area contributed by atoms with E-state index in [0.29, 0.717) is 6.54 Å². The number of likely N-dealkylation sites (N-methyl/N-ethyl adjacent to an activating group) is 1. The lowest BCUT2D eigenvalue weighted by molar-refractivity contribution is -0.120. The minimum absolute atomic E-state index is 0.0442. The van der Waals surface area contributed by atoms with Gasteiger partial charge in [0.2, 0.25) is 5.91 Å². The maximum Gasteiger partial charge on any atom is 0.232 e. The SMILES string of the molecule is C[C@H](SCc1ccccc1)C(=O)NCCN(C)c1ccccc1. The van der Waals surface area contributed by atoms with Gasteiger partial charge in [0.25, 0.3) is 0 Å². The van der Waals surface area contributed by atoms with E-state index in [1.807, 2.05) is 50.4 Å². The number of anilines is 1. The normalized spacial score (nSPS) is 11.7. The summed E-state index contributed by atoms with van der Waals surface area (Å²) < 4.78 is 0. The molecular weight excluding hydrogens is 304 g/mol. The standard InChI is InChI=1S/C19H24N2OS/c1-16(23-15-17-9-5-3-6-10-17)19(22)20-13-14-21(2)18-11-7-4-8-12-18/h3-12,16H,13-15H2,1-2H3,(H,20,22)/t16-/m0/s1. The van der Waals surface area contributed by atoms with E-state index < -0.39 is 0 Å². The Morgan fingerprint density at radius 1 is 1.09 bits per heavy atom. The maximum absolute atomic E-state index is 12.1. The zero-order valence-corrected chi connectivity index (χ0v) is 14.6. The van der Waals surface area contributed by atoms with Crippen LogP contribution in [-0.4, -0.2) is 31.3 Å². The molecule has 0 saturated heterocycles. The summed E-state index contributed by atoms with van der Waals surface area (Å²) in [6.45, 7) is 3.41. The van der Waals surface area contributed by atoms with Gasteiger partial charge in [0.15, 0.2) is 0 Å². The van der Waals surface area contributed by atoms with Crippen LogP contribution in [0, 0.1) is 0 Å². The van der Waals surface area contributed by atoms with E-state index in [4.69, 9.17) is 0 Å². The number of amides is 1. The van der Waals surface area contributed by atoms with Gasteiger partial charge < -0.3 is 10.2 Å². The lowest BCUT2D eigenvalue weighted by Crippen LogP contribution is -2.36. The summed E-state index contributed by atoms with van der Waals surface area (Å²) in [5, 5.41) is 2.97. The number of nitrogens with one attached hydrogen (secondary N) is 1. The molecule has 0 aliphatic carbocycles. The molecule has 4 heteroatoms. The molecule has 23 heavy (non-hydrogen) atoms. The van der Waals surface area contributed by atoms with Crippen LogP contribution in [0.4, 0.5) is 5.69 Å². The molecule has 0 saturated carbocycles. The molecule has 0 unspecified atom stereocenters. The van der Waals surface area contributed by atoms with Crippen LogP contribution >= 0.6 is 11.8 Å². The average Bonchev–Trinajstić information content (AvgIpc) is 2.61. The summed E-state index contributed by atoms with van der Waals surface area (Å²) in [5.41, 5.74) is 2.41. The summed E-state index contributed by atoms with van der Waals surface area (Å²) >= 11 is 1.67. The van der Waals surface area contributed by atoms with Crippen molar-refractivity contribution in [3.05, 3.63) is 66.2 Å². The highest BCUT2D eigenvalue weighted by Gasteiger charge is 2.13. The van der Waals surface area contributed by atoms with Gasteiger partial charge in [-0.15, -0.1) is 11.8 Å². The zero-order chi connectivity index (χ0) is 16.5. The van der Waals surface area contributed by atoms with E-state index in [2.05, 4.69) is 34.5 Å². The third-order valence-corrected chi connectivity index (χ3v) is 4.87. The van der Waals surface area contributed by atoms with Gasteiger partial charge in [-0.05, 0) is 24.6 Å². The van der Waals surface area contributed by atoms with Gasteiger partial charge in [-0.2, -0.15) is 0 Å². The van der Waals surface area contributed by atoms with E-state index in [1.54, 1.807) is 11.8 Å². The Bertz CT molecular complexity index is 589. The number of carbonyl (C=O) groups is 1. The number of rotatable bonds is 8. The summed E-state index contributed by atoms with van der Waals surface area (Å²) in [5.74, 6) is 0.965. The summed E-state index contributed by atoms with van der Waals surface area (Å²) in [6, 6.07) is 20.4. The lowest BCUT2D eigenvalue weighted by atomic mass is 10.2. The first kappa shape index (κ1) is 17.4. The molecular formula is C19H24N2OS. The van der Waals surface area contributed by atoms with Crippen LogP contribution in [0.1, 0.15) is 12.5 Å². The fraction of sp³-hybridized carbons (Fsp3) is 0.316. The number of nitrogens with zero attached hydrogens (tertiary/aromatic N) is 1. The monoisotopic (exact) mass is 328 g/mol. The predicted molar refractivity (Wildman–Crippen MR) is 99.9 cm³/mol. The van der Waals surface area contributed by atoms with E-state index in [9.17, 15) is 4.79 Å². The van der Waals surface area contributed by atoms with Crippen molar-refractivity contribution in [2.45, 2.75) is 17.9 Å². The third-order valence-electron chi connectivity index (χ3n) is 3.66. The molecule has 3 nitrogen and oxygen atoms in total. The van der Waals surface area contributed by atoms with Crippen molar-refractivity contribution in [1.82, 2.24) is 5.32 Å². The number of benzene rings is 2. The summed E-state index contributed by atoms with van der Waals surface area (Å²) in [7, 11) is 2.04. The van der Waals surface area contributed by atoms with Crippen molar-refractivity contribution >= 4 is 23.4 Å². The average molecular weight is 328 g/mol.